The zero-order valence-corrected chi connectivity index (χ0v) is 21.5. The summed E-state index contributed by atoms with van der Waals surface area (Å²) in [6, 6.07) is 9.40. The molecule has 1 unspecified atom stereocenters. The zero-order chi connectivity index (χ0) is 25.4. The predicted octanol–water partition coefficient (Wildman–Crippen LogP) is 3.29. The van der Waals surface area contributed by atoms with Crippen molar-refractivity contribution in [3.05, 3.63) is 58.9 Å². The summed E-state index contributed by atoms with van der Waals surface area (Å²) in [5, 5.41) is 0.664. The van der Waals surface area contributed by atoms with Crippen molar-refractivity contribution in [1.29, 1.82) is 0 Å². The third kappa shape index (κ3) is 7.18. The van der Waals surface area contributed by atoms with Crippen LogP contribution in [0.1, 0.15) is 30.4 Å². The third-order valence-corrected chi connectivity index (χ3v) is 7.10. The number of pyridine rings is 1. The summed E-state index contributed by atoms with van der Waals surface area (Å²) in [4.78, 5) is 34.0. The van der Waals surface area contributed by atoms with Gasteiger partial charge in [0.2, 0.25) is 11.8 Å². The maximum Gasteiger partial charge on any atom is 0.225 e. The standard InChI is InChI=1S/C27H34ClN3O5/c1-21-17-23(5-6-24(21)28)35-20-27(18-26(33)30-11-14-34-15-12-30)19-31(13-16-36-27)25(32)4-2-3-22-7-9-29-10-8-22/h5-10,17H,2-4,11-16,18-20H2,1H3. The molecule has 2 aliphatic heterocycles. The number of morpholine rings is 2. The van der Waals surface area contributed by atoms with E-state index in [9.17, 15) is 9.59 Å². The van der Waals surface area contributed by atoms with Gasteiger partial charge in [-0.15, -0.1) is 0 Å². The highest BCUT2D eigenvalue weighted by molar-refractivity contribution is 6.31. The first-order valence-electron chi connectivity index (χ1n) is 12.5. The summed E-state index contributed by atoms with van der Waals surface area (Å²) in [5.74, 6) is 0.707. The van der Waals surface area contributed by atoms with Crippen molar-refractivity contribution in [3.63, 3.8) is 0 Å². The first-order valence-corrected chi connectivity index (χ1v) is 12.9. The fraction of sp³-hybridized carbons (Fsp3) is 0.519. The van der Waals surface area contributed by atoms with Gasteiger partial charge in [0, 0.05) is 43.5 Å². The average Bonchev–Trinajstić information content (AvgIpc) is 2.90. The van der Waals surface area contributed by atoms with Crippen LogP contribution in [-0.4, -0.2) is 84.8 Å². The van der Waals surface area contributed by atoms with Crippen LogP contribution in [0.4, 0.5) is 0 Å². The van der Waals surface area contributed by atoms with Gasteiger partial charge in [0.25, 0.3) is 0 Å². The van der Waals surface area contributed by atoms with E-state index in [2.05, 4.69) is 4.98 Å². The molecule has 0 bridgehead atoms. The van der Waals surface area contributed by atoms with E-state index < -0.39 is 5.60 Å². The molecule has 2 aliphatic rings. The molecule has 2 aromatic rings. The number of carbonyl (C=O) groups excluding carboxylic acids is 2. The molecule has 8 nitrogen and oxygen atoms in total. The van der Waals surface area contributed by atoms with E-state index in [1.807, 2.05) is 30.0 Å². The van der Waals surface area contributed by atoms with E-state index in [1.165, 1.54) is 0 Å². The molecule has 0 spiro atoms. The smallest absolute Gasteiger partial charge is 0.225 e. The molecule has 2 saturated heterocycles. The number of aryl methyl sites for hydroxylation is 2. The van der Waals surface area contributed by atoms with Gasteiger partial charge in [-0.1, -0.05) is 11.6 Å². The van der Waals surface area contributed by atoms with Gasteiger partial charge < -0.3 is 24.0 Å². The number of halogens is 1. The number of aromatic nitrogens is 1. The summed E-state index contributed by atoms with van der Waals surface area (Å²) >= 11 is 6.16. The maximum absolute atomic E-state index is 13.2. The Morgan fingerprint density at radius 2 is 1.81 bits per heavy atom. The normalized spacial score (nSPS) is 20.3. The van der Waals surface area contributed by atoms with Crippen LogP contribution in [0.3, 0.4) is 0 Å². The minimum atomic E-state index is -0.929. The lowest BCUT2D eigenvalue weighted by atomic mass is 9.96. The summed E-state index contributed by atoms with van der Waals surface area (Å²) in [6.45, 7) is 5.42. The van der Waals surface area contributed by atoms with Crippen molar-refractivity contribution in [3.8, 4) is 5.75 Å². The van der Waals surface area contributed by atoms with Crippen molar-refractivity contribution in [2.24, 2.45) is 0 Å². The molecule has 36 heavy (non-hydrogen) atoms. The minimum Gasteiger partial charge on any atom is -0.490 e. The van der Waals surface area contributed by atoms with Gasteiger partial charge in [-0.3, -0.25) is 14.6 Å². The third-order valence-electron chi connectivity index (χ3n) is 6.68. The number of hydrogen-bond acceptors (Lipinski definition) is 6. The molecule has 2 amide bonds. The summed E-state index contributed by atoms with van der Waals surface area (Å²) in [6.07, 6.45) is 5.68. The van der Waals surface area contributed by atoms with Crippen molar-refractivity contribution in [2.75, 3.05) is 52.6 Å². The van der Waals surface area contributed by atoms with Crippen LogP contribution in [0.2, 0.25) is 5.02 Å². The van der Waals surface area contributed by atoms with Crippen LogP contribution in [-0.2, 0) is 25.5 Å². The average molecular weight is 516 g/mol. The minimum absolute atomic E-state index is 0.0128. The Morgan fingerprint density at radius 3 is 2.56 bits per heavy atom. The summed E-state index contributed by atoms with van der Waals surface area (Å²) in [7, 11) is 0. The number of hydrogen-bond donors (Lipinski definition) is 0. The predicted molar refractivity (Wildman–Crippen MR) is 136 cm³/mol. The van der Waals surface area contributed by atoms with Gasteiger partial charge in [0.05, 0.1) is 32.8 Å². The van der Waals surface area contributed by atoms with Crippen molar-refractivity contribution >= 4 is 23.4 Å². The molecular formula is C27H34ClN3O5. The second-order valence-corrected chi connectivity index (χ2v) is 9.83. The number of benzene rings is 1. The van der Waals surface area contributed by atoms with Crippen LogP contribution < -0.4 is 4.74 Å². The van der Waals surface area contributed by atoms with Crippen LogP contribution in [0.15, 0.2) is 42.7 Å². The van der Waals surface area contributed by atoms with Crippen LogP contribution >= 0.6 is 11.6 Å². The quantitative estimate of drug-likeness (QED) is 0.510. The Labute approximate surface area is 217 Å². The van der Waals surface area contributed by atoms with Gasteiger partial charge in [-0.25, -0.2) is 0 Å². The molecule has 4 rings (SSSR count). The highest BCUT2D eigenvalue weighted by atomic mass is 35.5. The van der Waals surface area contributed by atoms with E-state index in [0.717, 1.165) is 24.0 Å². The van der Waals surface area contributed by atoms with Gasteiger partial charge >= 0.3 is 0 Å². The molecule has 2 fully saturated rings. The van der Waals surface area contributed by atoms with E-state index in [1.54, 1.807) is 29.4 Å². The molecule has 9 heteroatoms. The van der Waals surface area contributed by atoms with Gasteiger partial charge in [-0.05, 0) is 61.2 Å². The topological polar surface area (TPSA) is 81.2 Å². The molecular weight excluding hydrogens is 482 g/mol. The highest BCUT2D eigenvalue weighted by Gasteiger charge is 2.42. The Kier molecular flexibility index (Phi) is 9.18. The zero-order valence-electron chi connectivity index (χ0n) is 20.8. The van der Waals surface area contributed by atoms with Gasteiger partial charge in [-0.2, -0.15) is 0 Å². The van der Waals surface area contributed by atoms with E-state index in [-0.39, 0.29) is 24.8 Å². The highest BCUT2D eigenvalue weighted by Crippen LogP contribution is 2.28. The van der Waals surface area contributed by atoms with Crippen molar-refractivity contribution in [2.45, 2.75) is 38.2 Å². The van der Waals surface area contributed by atoms with Crippen LogP contribution in [0.5, 0.6) is 5.75 Å². The Bertz CT molecular complexity index is 1030. The second-order valence-electron chi connectivity index (χ2n) is 9.43. The molecule has 0 radical (unpaired) electrons. The van der Waals surface area contributed by atoms with Crippen LogP contribution in [0, 0.1) is 6.92 Å². The molecule has 0 N–H and O–H groups in total. The monoisotopic (exact) mass is 515 g/mol. The number of carbonyl (C=O) groups is 2. The Morgan fingerprint density at radius 1 is 1.06 bits per heavy atom. The lowest BCUT2D eigenvalue weighted by molar-refractivity contribution is -0.167. The van der Waals surface area contributed by atoms with Crippen molar-refractivity contribution in [1.82, 2.24) is 14.8 Å². The number of ether oxygens (including phenoxy) is 3. The fourth-order valence-electron chi connectivity index (χ4n) is 4.58. The number of amides is 2. The molecule has 0 aliphatic carbocycles. The lowest BCUT2D eigenvalue weighted by Crippen LogP contribution is -2.58. The molecule has 1 aromatic carbocycles. The first kappa shape index (κ1) is 26.4. The molecule has 1 aromatic heterocycles. The van der Waals surface area contributed by atoms with E-state index in [4.69, 9.17) is 25.8 Å². The maximum atomic E-state index is 13.2. The fourth-order valence-corrected chi connectivity index (χ4v) is 4.69. The summed E-state index contributed by atoms with van der Waals surface area (Å²) < 4.78 is 17.7. The van der Waals surface area contributed by atoms with Gasteiger partial charge in [0.15, 0.2) is 0 Å². The molecule has 194 valence electrons. The van der Waals surface area contributed by atoms with Gasteiger partial charge in [0.1, 0.15) is 18.0 Å². The molecule has 3 heterocycles. The first-order chi connectivity index (χ1) is 17.4. The SMILES string of the molecule is Cc1cc(OCC2(CC(=O)N3CCOCC3)CN(C(=O)CCCc3ccncc3)CCO2)ccc1Cl. The number of rotatable bonds is 9. The lowest BCUT2D eigenvalue weighted by Gasteiger charge is -2.43. The number of nitrogens with zero attached hydrogens (tertiary/aromatic N) is 3. The van der Waals surface area contributed by atoms with Crippen LogP contribution in [0.25, 0.3) is 0 Å². The Balaban J connectivity index is 1.42. The second kappa shape index (κ2) is 12.5. The molecule has 0 saturated carbocycles. The van der Waals surface area contributed by atoms with E-state index >= 15 is 0 Å². The molecule has 1 atom stereocenters. The Hall–Kier alpha value is -2.68. The summed E-state index contributed by atoms with van der Waals surface area (Å²) in [5.41, 5.74) is 1.14. The van der Waals surface area contributed by atoms with E-state index in [0.29, 0.717) is 63.2 Å². The largest absolute Gasteiger partial charge is 0.490 e. The van der Waals surface area contributed by atoms with Crippen molar-refractivity contribution < 1.29 is 23.8 Å².